The summed E-state index contributed by atoms with van der Waals surface area (Å²) in [4.78, 5) is 11.2. The Morgan fingerprint density at radius 1 is 1.08 bits per heavy atom. The van der Waals surface area contributed by atoms with Gasteiger partial charge in [-0.05, 0) is 56.9 Å². The highest BCUT2D eigenvalue weighted by atomic mass is 32.2. The smallest absolute Gasteiger partial charge is 0.270 e. The second kappa shape index (κ2) is 9.76. The third kappa shape index (κ3) is 4.72. The summed E-state index contributed by atoms with van der Waals surface area (Å²) in [5, 5.41) is 11.0. The summed E-state index contributed by atoms with van der Waals surface area (Å²) in [6, 6.07) is 14.5. The summed E-state index contributed by atoms with van der Waals surface area (Å²) in [7, 11) is 0.433. The molecule has 4 aromatic rings. The molecule has 1 saturated heterocycles. The number of nitrogens with one attached hydrogen (secondary N) is 1. The molecule has 11 heteroatoms. The predicted molar refractivity (Wildman–Crippen MR) is 139 cm³/mol. The number of rotatable bonds is 7. The molecule has 0 bridgehead atoms. The van der Waals surface area contributed by atoms with Crippen LogP contribution in [0.15, 0.2) is 64.0 Å². The summed E-state index contributed by atoms with van der Waals surface area (Å²) in [6.07, 6.45) is 2.17. The Balaban J connectivity index is 0.00000320. The number of nitrogens with two attached hydrogens (primary N) is 1. The van der Waals surface area contributed by atoms with Crippen molar-refractivity contribution in [2.45, 2.75) is 23.1 Å². The molecule has 2 aromatic heterocycles. The van der Waals surface area contributed by atoms with Gasteiger partial charge in [-0.2, -0.15) is 0 Å². The molecular formula is C25H29N7O3S. The average Bonchev–Trinajstić information content (AvgIpc) is 3.55. The van der Waals surface area contributed by atoms with Crippen molar-refractivity contribution in [2.24, 2.45) is 0 Å². The molecular weight excluding hydrogens is 478 g/mol. The van der Waals surface area contributed by atoms with Gasteiger partial charge in [0, 0.05) is 25.6 Å². The lowest BCUT2D eigenvalue weighted by molar-refractivity contribution is 0.417. The number of nitrogen functional groups attached to an aromatic ring is 1. The van der Waals surface area contributed by atoms with Crippen molar-refractivity contribution in [3.63, 3.8) is 0 Å². The lowest BCUT2D eigenvalue weighted by Gasteiger charge is -2.12. The van der Waals surface area contributed by atoms with Crippen LogP contribution in [0.3, 0.4) is 0 Å². The van der Waals surface area contributed by atoms with Gasteiger partial charge >= 0.3 is 0 Å². The Morgan fingerprint density at radius 3 is 2.44 bits per heavy atom. The minimum Gasteiger partial charge on any atom is -0.414 e. The number of aromatic nitrogens is 4. The summed E-state index contributed by atoms with van der Waals surface area (Å²) in [5.41, 5.74) is 9.47. The van der Waals surface area contributed by atoms with Crippen LogP contribution >= 0.6 is 0 Å². The van der Waals surface area contributed by atoms with E-state index in [1.165, 1.54) is 6.20 Å². The summed E-state index contributed by atoms with van der Waals surface area (Å²) in [6.45, 7) is 2.09. The zero-order chi connectivity index (χ0) is 25.3. The molecule has 36 heavy (non-hydrogen) atoms. The van der Waals surface area contributed by atoms with Crippen molar-refractivity contribution < 1.29 is 14.3 Å². The highest BCUT2D eigenvalue weighted by Crippen LogP contribution is 2.29. The summed E-state index contributed by atoms with van der Waals surface area (Å²) < 4.78 is 31.8. The van der Waals surface area contributed by atoms with E-state index in [2.05, 4.69) is 25.5 Å². The number of likely N-dealkylation sites (tertiary alicyclic amines) is 1. The van der Waals surface area contributed by atoms with E-state index < -0.39 is 9.84 Å². The number of hydrogen-bond acceptors (Lipinski definition) is 10. The van der Waals surface area contributed by atoms with Gasteiger partial charge in [0.15, 0.2) is 21.3 Å². The van der Waals surface area contributed by atoms with Crippen molar-refractivity contribution >= 4 is 15.7 Å². The highest BCUT2D eigenvalue weighted by Gasteiger charge is 2.32. The number of sulfone groups is 1. The largest absolute Gasteiger partial charge is 0.414 e. The summed E-state index contributed by atoms with van der Waals surface area (Å²) in [5.74, 6) is 0.656. The Labute approximate surface area is 211 Å². The molecule has 3 N–H and O–H groups in total. The number of anilines is 1. The van der Waals surface area contributed by atoms with Crippen LogP contribution in [0.2, 0.25) is 0 Å². The number of nitrogens with zero attached hydrogens (tertiary/aromatic N) is 5. The first-order valence-corrected chi connectivity index (χ1v) is 13.1. The van der Waals surface area contributed by atoms with Crippen LogP contribution in [0.1, 0.15) is 13.4 Å². The second-order valence-electron chi connectivity index (χ2n) is 8.87. The van der Waals surface area contributed by atoms with Crippen LogP contribution in [0, 0.1) is 0 Å². The van der Waals surface area contributed by atoms with Crippen LogP contribution in [0.5, 0.6) is 0 Å². The first-order chi connectivity index (χ1) is 17.3. The predicted octanol–water partition coefficient (Wildman–Crippen LogP) is 2.89. The minimum atomic E-state index is -3.39. The minimum absolute atomic E-state index is 0. The van der Waals surface area contributed by atoms with Gasteiger partial charge in [-0.3, -0.25) is 0 Å². The molecule has 1 aliphatic heterocycles. The zero-order valence-corrected chi connectivity index (χ0v) is 20.9. The van der Waals surface area contributed by atoms with E-state index in [-0.39, 0.29) is 24.1 Å². The number of hydrogen-bond donors (Lipinski definition) is 2. The van der Waals surface area contributed by atoms with E-state index >= 15 is 0 Å². The Bertz CT molecular complexity index is 1480. The molecule has 10 nitrogen and oxygen atoms in total. The van der Waals surface area contributed by atoms with Gasteiger partial charge in [-0.25, -0.2) is 18.4 Å². The normalized spacial score (nSPS) is 16.4. The molecule has 3 heterocycles. The van der Waals surface area contributed by atoms with E-state index in [0.717, 1.165) is 24.2 Å². The Morgan fingerprint density at radius 2 is 1.78 bits per heavy atom. The van der Waals surface area contributed by atoms with Crippen molar-refractivity contribution in [2.75, 3.05) is 32.9 Å². The van der Waals surface area contributed by atoms with E-state index in [0.29, 0.717) is 35.0 Å². The molecule has 2 aromatic carbocycles. The zero-order valence-electron chi connectivity index (χ0n) is 20.0. The van der Waals surface area contributed by atoms with Crippen molar-refractivity contribution in [1.29, 1.82) is 0 Å². The van der Waals surface area contributed by atoms with E-state index in [1.54, 1.807) is 24.3 Å². The molecule has 188 valence electrons. The van der Waals surface area contributed by atoms with Gasteiger partial charge in [-0.1, -0.05) is 24.3 Å². The van der Waals surface area contributed by atoms with Crippen LogP contribution in [-0.4, -0.2) is 65.9 Å². The molecule has 0 saturated carbocycles. The third-order valence-corrected chi connectivity index (χ3v) is 8.47. The van der Waals surface area contributed by atoms with Gasteiger partial charge < -0.3 is 20.4 Å². The van der Waals surface area contributed by atoms with Gasteiger partial charge in [0.25, 0.3) is 5.89 Å². The van der Waals surface area contributed by atoms with Crippen LogP contribution in [0.4, 0.5) is 5.82 Å². The Kier molecular flexibility index (Phi) is 6.52. The second-order valence-corrected chi connectivity index (χ2v) is 11.1. The van der Waals surface area contributed by atoms with Gasteiger partial charge in [0.1, 0.15) is 0 Å². The van der Waals surface area contributed by atoms with Gasteiger partial charge in [-0.15, -0.1) is 10.2 Å². The van der Waals surface area contributed by atoms with E-state index in [9.17, 15) is 8.42 Å². The molecule has 1 aliphatic rings. The molecule has 0 radical (unpaired) electrons. The first-order valence-electron chi connectivity index (χ1n) is 11.6. The fourth-order valence-corrected chi connectivity index (χ4v) is 6.02. The van der Waals surface area contributed by atoms with Gasteiger partial charge in [0.2, 0.25) is 5.89 Å². The average molecular weight is 508 g/mol. The maximum absolute atomic E-state index is 13.0. The van der Waals surface area contributed by atoms with Crippen molar-refractivity contribution in [3.8, 4) is 34.3 Å². The van der Waals surface area contributed by atoms with Crippen LogP contribution in [0.25, 0.3) is 34.3 Å². The lowest BCUT2D eigenvalue weighted by Crippen LogP contribution is -2.25. The molecule has 0 spiro atoms. The molecule has 1 unspecified atom stereocenters. The van der Waals surface area contributed by atoms with Gasteiger partial charge in [0.05, 0.1) is 22.0 Å². The lowest BCUT2D eigenvalue weighted by atomic mass is 10.1. The maximum atomic E-state index is 13.0. The Hall–Kier alpha value is -3.67. The molecule has 5 rings (SSSR count). The number of benzene rings is 2. The fourth-order valence-electron chi connectivity index (χ4n) is 4.26. The standard InChI is InChI=1S/C25H27N7O3S.H2/c1-27-13-16-3-5-18(6-4-16)24-30-31-25(35-24)22-23(26)28-14-21(29-22)17-7-9-19(10-8-17)36(33,34)20-11-12-32(2)15-20;/h3-10,14,20,27H,11-13,15H2,1-2H3,(H2,26,28);1H. The third-order valence-electron chi connectivity index (χ3n) is 6.28. The van der Waals surface area contributed by atoms with Crippen molar-refractivity contribution in [3.05, 3.63) is 60.3 Å². The monoisotopic (exact) mass is 507 g/mol. The summed E-state index contributed by atoms with van der Waals surface area (Å²) >= 11 is 0. The first kappa shape index (κ1) is 24.0. The van der Waals surface area contributed by atoms with Crippen LogP contribution < -0.4 is 11.1 Å². The van der Waals surface area contributed by atoms with Crippen LogP contribution in [-0.2, 0) is 16.4 Å². The maximum Gasteiger partial charge on any atom is 0.270 e. The molecule has 1 atom stereocenters. The van der Waals surface area contributed by atoms with Crippen molar-refractivity contribution in [1.82, 2.24) is 30.4 Å². The van der Waals surface area contributed by atoms with E-state index in [1.807, 2.05) is 43.3 Å². The molecule has 0 amide bonds. The fraction of sp³-hybridized carbons (Fsp3) is 0.280. The quantitative estimate of drug-likeness (QED) is 0.384. The van der Waals surface area contributed by atoms with E-state index in [4.69, 9.17) is 10.2 Å². The molecule has 0 aliphatic carbocycles. The topological polar surface area (TPSA) is 140 Å². The SMILES string of the molecule is CNCc1ccc(-c2nnc(-c3nc(-c4ccc(S(=O)(=O)C5CCN(C)C5)cc4)cnc3N)o2)cc1.[HH]. The molecule has 1 fully saturated rings. The highest BCUT2D eigenvalue weighted by molar-refractivity contribution is 7.92.